The Kier molecular flexibility index (Phi) is 3.85. The van der Waals surface area contributed by atoms with Gasteiger partial charge in [0.1, 0.15) is 11.5 Å². The standard InChI is InChI=1S/C30H18N6/c1-2-8-19(9-3-1)35-25-12-5-4-10-20(25)21-18-22-28-26(13-7-17-32-28)36(30(22)34-29(21)35)27-15-14-23-24(33-27)11-6-16-31-23/h1-18H. The van der Waals surface area contributed by atoms with E-state index in [-0.39, 0.29) is 0 Å². The third-order valence-corrected chi connectivity index (χ3v) is 6.81. The van der Waals surface area contributed by atoms with Crippen LogP contribution in [-0.4, -0.2) is 29.1 Å². The summed E-state index contributed by atoms with van der Waals surface area (Å²) in [5, 5.41) is 3.27. The maximum Gasteiger partial charge on any atom is 0.150 e. The summed E-state index contributed by atoms with van der Waals surface area (Å²) in [5.41, 5.74) is 7.51. The van der Waals surface area contributed by atoms with Gasteiger partial charge in [-0.25, -0.2) is 9.97 Å². The van der Waals surface area contributed by atoms with Crippen molar-refractivity contribution in [3.8, 4) is 11.5 Å². The molecule has 0 fully saturated rings. The molecule has 0 atom stereocenters. The zero-order chi connectivity index (χ0) is 23.6. The van der Waals surface area contributed by atoms with Crippen LogP contribution >= 0.6 is 0 Å². The number of hydrogen-bond donors (Lipinski definition) is 0. The summed E-state index contributed by atoms with van der Waals surface area (Å²) < 4.78 is 4.34. The molecule has 0 aliphatic carbocycles. The van der Waals surface area contributed by atoms with Crippen LogP contribution in [0, 0.1) is 0 Å². The van der Waals surface area contributed by atoms with Gasteiger partial charge in [0.05, 0.1) is 27.6 Å². The van der Waals surface area contributed by atoms with E-state index in [4.69, 9.17) is 15.0 Å². The molecule has 0 saturated heterocycles. The van der Waals surface area contributed by atoms with E-state index in [1.54, 1.807) is 6.20 Å². The predicted octanol–water partition coefficient (Wildman–Crippen LogP) is 6.61. The van der Waals surface area contributed by atoms with E-state index in [1.807, 2.05) is 42.6 Å². The van der Waals surface area contributed by atoms with Gasteiger partial charge in [0.25, 0.3) is 0 Å². The van der Waals surface area contributed by atoms with Crippen LogP contribution in [0.25, 0.3) is 66.5 Å². The normalized spacial score (nSPS) is 11.9. The Bertz CT molecular complexity index is 2100. The van der Waals surface area contributed by atoms with Crippen LogP contribution in [0.3, 0.4) is 0 Å². The first-order valence-electron chi connectivity index (χ1n) is 11.8. The Morgan fingerprint density at radius 1 is 0.500 bits per heavy atom. The van der Waals surface area contributed by atoms with Crippen molar-refractivity contribution in [3.05, 3.63) is 109 Å². The van der Waals surface area contributed by atoms with Crippen LogP contribution in [0.15, 0.2) is 109 Å². The van der Waals surface area contributed by atoms with Gasteiger partial charge in [-0.05, 0) is 60.7 Å². The van der Waals surface area contributed by atoms with Gasteiger partial charge >= 0.3 is 0 Å². The van der Waals surface area contributed by atoms with E-state index in [0.717, 1.165) is 66.5 Å². The number of rotatable bonds is 2. The molecule has 0 N–H and O–H groups in total. The first kappa shape index (κ1) is 19.2. The molecule has 6 aromatic heterocycles. The Labute approximate surface area is 205 Å². The van der Waals surface area contributed by atoms with Crippen LogP contribution < -0.4 is 0 Å². The van der Waals surface area contributed by atoms with Gasteiger partial charge in [0.15, 0.2) is 5.65 Å². The molecule has 0 unspecified atom stereocenters. The number of pyridine rings is 4. The summed E-state index contributed by atoms with van der Waals surface area (Å²) in [4.78, 5) is 19.5. The Morgan fingerprint density at radius 2 is 1.28 bits per heavy atom. The predicted molar refractivity (Wildman–Crippen MR) is 144 cm³/mol. The second-order valence-electron chi connectivity index (χ2n) is 8.84. The fourth-order valence-electron chi connectivity index (χ4n) is 5.26. The zero-order valence-corrected chi connectivity index (χ0v) is 19.1. The highest BCUT2D eigenvalue weighted by atomic mass is 15.1. The van der Waals surface area contributed by atoms with Crippen LogP contribution in [0.2, 0.25) is 0 Å². The van der Waals surface area contributed by atoms with Crippen molar-refractivity contribution in [2.75, 3.05) is 0 Å². The van der Waals surface area contributed by atoms with Crippen molar-refractivity contribution >= 4 is 55.0 Å². The van der Waals surface area contributed by atoms with Crippen LogP contribution in [0.5, 0.6) is 0 Å². The summed E-state index contributed by atoms with van der Waals surface area (Å²) in [7, 11) is 0. The lowest BCUT2D eigenvalue weighted by molar-refractivity contribution is 1.06. The molecule has 2 aromatic carbocycles. The van der Waals surface area contributed by atoms with Crippen molar-refractivity contribution in [1.29, 1.82) is 0 Å². The van der Waals surface area contributed by atoms with Crippen molar-refractivity contribution in [1.82, 2.24) is 29.1 Å². The lowest BCUT2D eigenvalue weighted by atomic mass is 10.1. The maximum absolute atomic E-state index is 5.32. The van der Waals surface area contributed by atoms with Crippen LogP contribution in [0.4, 0.5) is 0 Å². The quantitative estimate of drug-likeness (QED) is 0.290. The van der Waals surface area contributed by atoms with E-state index in [0.29, 0.717) is 0 Å². The monoisotopic (exact) mass is 462 g/mol. The molecule has 36 heavy (non-hydrogen) atoms. The lowest BCUT2D eigenvalue weighted by Crippen LogP contribution is -2.01. The summed E-state index contributed by atoms with van der Waals surface area (Å²) in [5.74, 6) is 0.790. The smallest absolute Gasteiger partial charge is 0.150 e. The minimum atomic E-state index is 0.790. The van der Waals surface area contributed by atoms with Gasteiger partial charge in [-0.3, -0.25) is 19.1 Å². The number of aromatic nitrogens is 6. The lowest BCUT2D eigenvalue weighted by Gasteiger charge is -2.09. The maximum atomic E-state index is 5.32. The summed E-state index contributed by atoms with van der Waals surface area (Å²) in [6.07, 6.45) is 3.62. The van der Waals surface area contributed by atoms with Gasteiger partial charge in [-0.2, -0.15) is 0 Å². The fourth-order valence-corrected chi connectivity index (χ4v) is 5.26. The molecule has 0 saturated carbocycles. The second kappa shape index (κ2) is 7.20. The average molecular weight is 463 g/mol. The van der Waals surface area contributed by atoms with Crippen molar-refractivity contribution < 1.29 is 0 Å². The molecule has 0 radical (unpaired) electrons. The summed E-state index contributed by atoms with van der Waals surface area (Å²) in [6.45, 7) is 0. The van der Waals surface area contributed by atoms with E-state index < -0.39 is 0 Å². The molecule has 0 amide bonds. The van der Waals surface area contributed by atoms with Crippen LogP contribution in [0.1, 0.15) is 0 Å². The van der Waals surface area contributed by atoms with Gasteiger partial charge in [0, 0.05) is 34.2 Å². The molecule has 6 nitrogen and oxygen atoms in total. The molecule has 6 heteroatoms. The highest BCUT2D eigenvalue weighted by Gasteiger charge is 2.20. The highest BCUT2D eigenvalue weighted by molar-refractivity contribution is 6.15. The Morgan fingerprint density at radius 3 is 2.22 bits per heavy atom. The second-order valence-corrected chi connectivity index (χ2v) is 8.84. The Balaban J connectivity index is 1.55. The largest absolute Gasteiger partial charge is 0.294 e. The van der Waals surface area contributed by atoms with E-state index in [2.05, 4.69) is 74.8 Å². The van der Waals surface area contributed by atoms with Crippen molar-refractivity contribution in [2.24, 2.45) is 0 Å². The molecule has 168 valence electrons. The highest BCUT2D eigenvalue weighted by Crippen LogP contribution is 2.36. The van der Waals surface area contributed by atoms with Gasteiger partial charge in [-0.1, -0.05) is 36.4 Å². The molecular formula is C30H18N6. The average Bonchev–Trinajstić information content (AvgIpc) is 3.44. The SMILES string of the molecule is c1ccc(-n2c3ccccc3c3cc4c5ncccc5n(-c5ccc6ncccc6n5)c4nc32)cc1. The molecular weight excluding hydrogens is 444 g/mol. The number of hydrogen-bond acceptors (Lipinski definition) is 4. The number of fused-ring (bicyclic) bond motifs is 7. The third kappa shape index (κ3) is 2.61. The Hall–Kier alpha value is -5.10. The first-order chi connectivity index (χ1) is 17.9. The number of benzene rings is 2. The molecule has 0 aliphatic heterocycles. The summed E-state index contributed by atoms with van der Waals surface area (Å²) in [6, 6.07) is 33.0. The van der Waals surface area contributed by atoms with Crippen molar-refractivity contribution in [2.45, 2.75) is 0 Å². The van der Waals surface area contributed by atoms with E-state index in [1.165, 1.54) is 0 Å². The molecule has 0 spiro atoms. The van der Waals surface area contributed by atoms with Crippen LogP contribution in [-0.2, 0) is 0 Å². The number of nitrogens with zero attached hydrogens (tertiary/aromatic N) is 6. The molecule has 6 heterocycles. The van der Waals surface area contributed by atoms with E-state index in [9.17, 15) is 0 Å². The zero-order valence-electron chi connectivity index (χ0n) is 19.1. The van der Waals surface area contributed by atoms with Crippen molar-refractivity contribution in [3.63, 3.8) is 0 Å². The molecule has 0 bridgehead atoms. The summed E-state index contributed by atoms with van der Waals surface area (Å²) >= 11 is 0. The van der Waals surface area contributed by atoms with Gasteiger partial charge in [-0.15, -0.1) is 0 Å². The minimum Gasteiger partial charge on any atom is -0.294 e. The number of para-hydroxylation sites is 2. The molecule has 8 rings (SSSR count). The van der Waals surface area contributed by atoms with Gasteiger partial charge in [0.2, 0.25) is 0 Å². The van der Waals surface area contributed by atoms with E-state index >= 15 is 0 Å². The first-order valence-corrected chi connectivity index (χ1v) is 11.8. The molecule has 0 aliphatic rings. The minimum absolute atomic E-state index is 0.790. The fraction of sp³-hybridized carbons (Fsp3) is 0. The topological polar surface area (TPSA) is 61.4 Å². The van der Waals surface area contributed by atoms with Gasteiger partial charge < -0.3 is 0 Å². The third-order valence-electron chi connectivity index (χ3n) is 6.81. The molecule has 8 aromatic rings.